The summed E-state index contributed by atoms with van der Waals surface area (Å²) in [4.78, 5) is 33.8. The van der Waals surface area contributed by atoms with Gasteiger partial charge in [-0.3, -0.25) is 19.6 Å². The molecule has 1 fully saturated rings. The summed E-state index contributed by atoms with van der Waals surface area (Å²) in [6.07, 6.45) is 4.55. The Morgan fingerprint density at radius 2 is 2.11 bits per heavy atom. The largest absolute Gasteiger partial charge is 0.403 e. The smallest absolute Gasteiger partial charge is 0.252 e. The first-order chi connectivity index (χ1) is 16.8. The highest BCUT2D eigenvalue weighted by atomic mass is 19.1. The molecule has 35 heavy (non-hydrogen) atoms. The van der Waals surface area contributed by atoms with Crippen molar-refractivity contribution in [1.82, 2.24) is 15.6 Å². The molecular formula is C25H30F2N6O2. The summed E-state index contributed by atoms with van der Waals surface area (Å²) >= 11 is 0. The number of aromatic nitrogens is 1. The summed E-state index contributed by atoms with van der Waals surface area (Å²) in [5.41, 5.74) is 7.46. The third-order valence-electron chi connectivity index (χ3n) is 5.78. The maximum Gasteiger partial charge on any atom is 0.252 e. The lowest BCUT2D eigenvalue weighted by atomic mass is 9.97. The zero-order valence-corrected chi connectivity index (χ0v) is 19.7. The first kappa shape index (κ1) is 25.8. The monoisotopic (exact) mass is 484 g/mol. The number of nitrogens with one attached hydrogen (secondary N) is 3. The number of hydrogen-bond acceptors (Lipinski definition) is 6. The predicted octanol–water partition coefficient (Wildman–Crippen LogP) is 3.52. The van der Waals surface area contributed by atoms with Crippen molar-refractivity contribution in [1.29, 1.82) is 0 Å². The van der Waals surface area contributed by atoms with Crippen molar-refractivity contribution in [3.63, 3.8) is 0 Å². The number of alkyl halides is 1. The number of pyridine rings is 1. The Hall–Kier alpha value is -3.82. The van der Waals surface area contributed by atoms with Gasteiger partial charge < -0.3 is 21.7 Å². The van der Waals surface area contributed by atoms with Crippen LogP contribution in [-0.2, 0) is 4.79 Å². The van der Waals surface area contributed by atoms with E-state index in [0.717, 1.165) is 6.20 Å². The second-order valence-corrected chi connectivity index (χ2v) is 8.55. The molecule has 186 valence electrons. The Morgan fingerprint density at radius 3 is 2.80 bits per heavy atom. The Bertz CT molecular complexity index is 1120. The van der Waals surface area contributed by atoms with Crippen LogP contribution in [0.3, 0.4) is 0 Å². The predicted molar refractivity (Wildman–Crippen MR) is 132 cm³/mol. The van der Waals surface area contributed by atoms with Gasteiger partial charge in [0, 0.05) is 36.4 Å². The van der Waals surface area contributed by atoms with Crippen LogP contribution < -0.4 is 21.7 Å². The van der Waals surface area contributed by atoms with Gasteiger partial charge in [0.15, 0.2) is 5.82 Å². The quantitative estimate of drug-likeness (QED) is 0.406. The Morgan fingerprint density at radius 1 is 1.31 bits per heavy atom. The molecule has 1 aliphatic rings. The topological polar surface area (TPSA) is 121 Å². The van der Waals surface area contributed by atoms with Crippen LogP contribution in [0.15, 0.2) is 53.4 Å². The third-order valence-corrected chi connectivity index (χ3v) is 5.78. The second kappa shape index (κ2) is 12.0. The van der Waals surface area contributed by atoms with Gasteiger partial charge in [-0.2, -0.15) is 0 Å². The van der Waals surface area contributed by atoms with Gasteiger partial charge >= 0.3 is 0 Å². The molecule has 0 aliphatic heterocycles. The summed E-state index contributed by atoms with van der Waals surface area (Å²) in [7, 11) is 1.54. The van der Waals surface area contributed by atoms with E-state index in [4.69, 9.17) is 5.73 Å². The molecule has 1 aromatic carbocycles. The fraction of sp³-hybridized carbons (Fsp3) is 0.360. The first-order valence-electron chi connectivity index (χ1n) is 11.4. The minimum atomic E-state index is -0.907. The molecule has 2 amide bonds. The Labute approximate surface area is 203 Å². The van der Waals surface area contributed by atoms with Crippen LogP contribution in [0, 0.1) is 18.7 Å². The number of nitrogens with two attached hydrogens (primary N) is 1. The Balaban J connectivity index is 1.76. The maximum absolute atomic E-state index is 14.1. The summed E-state index contributed by atoms with van der Waals surface area (Å²) in [6.45, 7) is 1.74. The fourth-order valence-electron chi connectivity index (χ4n) is 4.05. The van der Waals surface area contributed by atoms with Crippen molar-refractivity contribution in [2.75, 3.05) is 12.4 Å². The van der Waals surface area contributed by atoms with Crippen molar-refractivity contribution in [3.05, 3.63) is 65.5 Å². The molecular weight excluding hydrogens is 454 g/mol. The lowest BCUT2D eigenvalue weighted by Crippen LogP contribution is -2.47. The van der Waals surface area contributed by atoms with E-state index in [1.807, 2.05) is 0 Å². The van der Waals surface area contributed by atoms with E-state index >= 15 is 0 Å². The van der Waals surface area contributed by atoms with E-state index in [1.54, 1.807) is 37.3 Å². The molecule has 0 bridgehead atoms. The van der Waals surface area contributed by atoms with Gasteiger partial charge in [0.2, 0.25) is 5.91 Å². The number of carbonyl (C=O) groups excluding carboxylic acids is 2. The normalized spacial score (nSPS) is 18.9. The number of carbonyl (C=O) groups is 2. The minimum Gasteiger partial charge on any atom is -0.403 e. The molecule has 10 heteroatoms. The summed E-state index contributed by atoms with van der Waals surface area (Å²) in [5, 5.41) is 8.35. The van der Waals surface area contributed by atoms with Crippen LogP contribution in [0.4, 0.5) is 20.2 Å². The lowest BCUT2D eigenvalue weighted by Gasteiger charge is -2.22. The third kappa shape index (κ3) is 7.33. The van der Waals surface area contributed by atoms with E-state index < -0.39 is 29.8 Å². The summed E-state index contributed by atoms with van der Waals surface area (Å²) in [6, 6.07) is 7.14. The number of amides is 2. The average Bonchev–Trinajstić information content (AvgIpc) is 3.25. The molecule has 3 atom stereocenters. The van der Waals surface area contributed by atoms with Crippen LogP contribution in [0.2, 0.25) is 0 Å². The van der Waals surface area contributed by atoms with Gasteiger partial charge in [-0.1, -0.05) is 6.07 Å². The molecule has 5 N–H and O–H groups in total. The van der Waals surface area contributed by atoms with Crippen LogP contribution in [0.5, 0.6) is 0 Å². The number of anilines is 2. The van der Waals surface area contributed by atoms with Crippen LogP contribution in [0.25, 0.3) is 0 Å². The van der Waals surface area contributed by atoms with Gasteiger partial charge in [-0.25, -0.2) is 8.78 Å². The number of allylic oxidation sites excluding steroid dienone is 1. The van der Waals surface area contributed by atoms with E-state index in [0.29, 0.717) is 37.1 Å². The Kier molecular flexibility index (Phi) is 8.88. The molecule has 1 heterocycles. The highest BCUT2D eigenvalue weighted by molar-refractivity contribution is 5.99. The lowest BCUT2D eigenvalue weighted by molar-refractivity contribution is -0.122. The van der Waals surface area contributed by atoms with Gasteiger partial charge in [-0.05, 0) is 62.8 Å². The van der Waals surface area contributed by atoms with Crippen molar-refractivity contribution in [2.24, 2.45) is 16.6 Å². The van der Waals surface area contributed by atoms with Gasteiger partial charge in [-0.15, -0.1) is 0 Å². The van der Waals surface area contributed by atoms with E-state index in [2.05, 4.69) is 25.9 Å². The number of rotatable bonds is 9. The molecule has 1 aromatic heterocycles. The molecule has 2 aromatic rings. The van der Waals surface area contributed by atoms with Gasteiger partial charge in [0.1, 0.15) is 12.2 Å². The summed E-state index contributed by atoms with van der Waals surface area (Å²) in [5.74, 6) is -1.51. The minimum absolute atomic E-state index is 0.0305. The van der Waals surface area contributed by atoms with E-state index in [-0.39, 0.29) is 22.9 Å². The zero-order chi connectivity index (χ0) is 25.4. The second-order valence-electron chi connectivity index (χ2n) is 8.55. The SMILES string of the molecule is CN=C/C(=C\N)NC(=O)C(CC1CCC(F)C1)NC(=O)c1cccc(Nc2cc(C)ncc2F)c1. The highest BCUT2D eigenvalue weighted by Gasteiger charge is 2.31. The average molecular weight is 485 g/mol. The number of hydrogen-bond donors (Lipinski definition) is 4. The maximum atomic E-state index is 14.1. The summed E-state index contributed by atoms with van der Waals surface area (Å²) < 4.78 is 27.8. The van der Waals surface area contributed by atoms with Crippen LogP contribution >= 0.6 is 0 Å². The molecule has 0 saturated heterocycles. The molecule has 3 unspecified atom stereocenters. The number of nitrogens with zero attached hydrogens (tertiary/aromatic N) is 2. The first-order valence-corrected chi connectivity index (χ1v) is 11.4. The number of benzene rings is 1. The number of aryl methyl sites for hydroxylation is 1. The van der Waals surface area contributed by atoms with E-state index in [9.17, 15) is 18.4 Å². The highest BCUT2D eigenvalue weighted by Crippen LogP contribution is 2.31. The molecule has 0 radical (unpaired) electrons. The zero-order valence-electron chi connectivity index (χ0n) is 19.7. The molecule has 3 rings (SSSR count). The number of aliphatic imine (C=N–C) groups is 1. The van der Waals surface area contributed by atoms with Crippen molar-refractivity contribution in [2.45, 2.75) is 44.8 Å². The van der Waals surface area contributed by atoms with Crippen LogP contribution in [0.1, 0.15) is 41.7 Å². The molecule has 0 spiro atoms. The van der Waals surface area contributed by atoms with Gasteiger partial charge in [0.05, 0.1) is 17.6 Å². The molecule has 8 nitrogen and oxygen atoms in total. The van der Waals surface area contributed by atoms with Gasteiger partial charge in [0.25, 0.3) is 5.91 Å². The van der Waals surface area contributed by atoms with Crippen molar-refractivity contribution in [3.8, 4) is 0 Å². The standard InChI is InChI=1S/C25H30F2N6O2/c1-15-8-22(21(27)14-30-15)31-19-5-3-4-17(11-19)24(34)33-23(10-16-6-7-18(26)9-16)25(35)32-20(12-28)13-29-2/h3-5,8,11-14,16,18,23H,6-7,9-10,28H2,1-2H3,(H,30,31)(H,32,35)(H,33,34)/b20-12+,29-13?. The van der Waals surface area contributed by atoms with Crippen molar-refractivity contribution < 1.29 is 18.4 Å². The van der Waals surface area contributed by atoms with E-state index in [1.165, 1.54) is 19.5 Å². The fourth-order valence-corrected chi connectivity index (χ4v) is 4.05. The van der Waals surface area contributed by atoms with Crippen LogP contribution in [-0.4, -0.2) is 42.3 Å². The van der Waals surface area contributed by atoms with Crippen molar-refractivity contribution >= 4 is 29.4 Å². The molecule has 1 saturated carbocycles. The molecule has 1 aliphatic carbocycles. The number of halogens is 2.